The summed E-state index contributed by atoms with van der Waals surface area (Å²) in [6.07, 6.45) is 0. The number of carbonyl (C=O) groups excluding carboxylic acids is 1. The summed E-state index contributed by atoms with van der Waals surface area (Å²) in [5, 5.41) is 0. The van der Waals surface area contributed by atoms with Gasteiger partial charge in [0.2, 0.25) is 26.0 Å². The van der Waals surface area contributed by atoms with Crippen molar-refractivity contribution in [3.63, 3.8) is 0 Å². The van der Waals surface area contributed by atoms with E-state index in [0.717, 1.165) is 6.07 Å². The molecule has 30 heavy (non-hydrogen) atoms. The van der Waals surface area contributed by atoms with Crippen LogP contribution < -0.4 is 18.5 Å². The minimum absolute atomic E-state index is 0.0170. The summed E-state index contributed by atoms with van der Waals surface area (Å²) in [5.74, 6) is -1.11. The van der Waals surface area contributed by atoms with E-state index in [-0.39, 0.29) is 28.6 Å². The van der Waals surface area contributed by atoms with E-state index in [1.165, 1.54) is 33.3 Å². The molecular weight excluding hydrogens is 432 g/mol. The van der Waals surface area contributed by atoms with Gasteiger partial charge in [0.25, 0.3) is 0 Å². The van der Waals surface area contributed by atoms with Crippen molar-refractivity contribution < 1.29 is 31.1 Å². The van der Waals surface area contributed by atoms with Crippen molar-refractivity contribution in [3.05, 3.63) is 48.0 Å². The van der Waals surface area contributed by atoms with E-state index in [2.05, 4.69) is 4.72 Å². The summed E-state index contributed by atoms with van der Waals surface area (Å²) in [7, 11) is -5.20. The van der Waals surface area contributed by atoms with Crippen LogP contribution in [0.15, 0.2) is 47.4 Å². The fourth-order valence-corrected chi connectivity index (χ4v) is 6.19. The van der Waals surface area contributed by atoms with Gasteiger partial charge in [-0.3, -0.25) is 4.79 Å². The number of sulfonamides is 2. The molecule has 1 saturated heterocycles. The monoisotopic (exact) mass is 454 g/mol. The van der Waals surface area contributed by atoms with Gasteiger partial charge < -0.3 is 9.47 Å². The van der Waals surface area contributed by atoms with Gasteiger partial charge in [-0.25, -0.2) is 25.9 Å². The quantitative estimate of drug-likeness (QED) is 0.673. The highest BCUT2D eigenvalue weighted by Gasteiger charge is 2.42. The largest absolute Gasteiger partial charge is 0.496 e. The Hall–Kier alpha value is -2.63. The maximum absolute atomic E-state index is 13.0. The summed E-state index contributed by atoms with van der Waals surface area (Å²) < 4.78 is 64.2. The molecule has 2 aromatic rings. The number of hydrogen-bond donors (Lipinski definition) is 1. The molecule has 1 N–H and O–H groups in total. The lowest BCUT2D eigenvalue weighted by atomic mass is 10.2. The van der Waals surface area contributed by atoms with E-state index in [4.69, 9.17) is 9.47 Å². The molecule has 1 fully saturated rings. The second-order valence-electron chi connectivity index (χ2n) is 6.75. The summed E-state index contributed by atoms with van der Waals surface area (Å²) in [4.78, 5) is 12.1. The number of methoxy groups -OCH3 is 2. The highest BCUT2D eigenvalue weighted by Crippen LogP contribution is 2.34. The summed E-state index contributed by atoms with van der Waals surface area (Å²) in [6.45, 7) is 1.45. The number of benzene rings is 2. The van der Waals surface area contributed by atoms with Crippen molar-refractivity contribution in [2.75, 3.05) is 24.3 Å². The highest BCUT2D eigenvalue weighted by molar-refractivity contribution is 7.94. The Morgan fingerprint density at radius 3 is 2.37 bits per heavy atom. The molecule has 1 amide bonds. The maximum Gasteiger partial charge on any atom is 0.244 e. The average molecular weight is 455 g/mol. The van der Waals surface area contributed by atoms with Crippen LogP contribution in [0.25, 0.3) is 0 Å². The SMILES string of the molecule is COc1ccccc1CNS(=O)(=O)c1cc(N2C(=O)[C@H](C)CS2(=O)=O)ccc1OC. The third kappa shape index (κ3) is 4.13. The third-order valence-corrected chi connectivity index (χ3v) is 7.97. The van der Waals surface area contributed by atoms with Crippen molar-refractivity contribution in [2.45, 2.75) is 18.4 Å². The number of para-hydroxylation sites is 1. The van der Waals surface area contributed by atoms with Crippen molar-refractivity contribution in [1.29, 1.82) is 0 Å². The molecule has 0 unspecified atom stereocenters. The van der Waals surface area contributed by atoms with E-state index in [0.29, 0.717) is 15.6 Å². The lowest BCUT2D eigenvalue weighted by molar-refractivity contribution is -0.119. The first kappa shape index (κ1) is 22.1. The second-order valence-corrected chi connectivity index (χ2v) is 10.4. The number of rotatable bonds is 7. The molecule has 0 aliphatic carbocycles. The number of nitrogens with one attached hydrogen (secondary N) is 1. The molecule has 0 saturated carbocycles. The van der Waals surface area contributed by atoms with E-state index in [1.54, 1.807) is 24.3 Å². The van der Waals surface area contributed by atoms with E-state index in [1.807, 2.05) is 0 Å². The van der Waals surface area contributed by atoms with Gasteiger partial charge in [0.15, 0.2) is 0 Å². The van der Waals surface area contributed by atoms with Gasteiger partial charge in [0, 0.05) is 12.1 Å². The molecule has 162 valence electrons. The summed E-state index contributed by atoms with van der Waals surface area (Å²) in [6, 6.07) is 10.7. The number of anilines is 1. The maximum atomic E-state index is 13.0. The van der Waals surface area contributed by atoms with Crippen LogP contribution in [-0.2, 0) is 31.4 Å². The Morgan fingerprint density at radius 2 is 1.77 bits per heavy atom. The first-order valence-corrected chi connectivity index (χ1v) is 12.1. The molecule has 0 radical (unpaired) electrons. The number of ether oxygens (including phenoxy) is 2. The Balaban J connectivity index is 1.98. The fourth-order valence-electron chi connectivity index (χ4n) is 3.19. The number of amides is 1. The third-order valence-electron chi connectivity index (χ3n) is 4.68. The van der Waals surface area contributed by atoms with Gasteiger partial charge in [0.1, 0.15) is 16.4 Å². The van der Waals surface area contributed by atoms with Gasteiger partial charge in [-0.2, -0.15) is 0 Å². The van der Waals surface area contributed by atoms with Crippen LogP contribution in [0.1, 0.15) is 12.5 Å². The van der Waals surface area contributed by atoms with Crippen LogP contribution >= 0.6 is 0 Å². The molecule has 9 nitrogen and oxygen atoms in total. The Bertz CT molecular complexity index is 1180. The van der Waals surface area contributed by atoms with Gasteiger partial charge in [0.05, 0.1) is 31.6 Å². The first-order valence-electron chi connectivity index (χ1n) is 8.97. The molecule has 1 atom stereocenters. The smallest absolute Gasteiger partial charge is 0.244 e. The zero-order valence-electron chi connectivity index (χ0n) is 16.7. The summed E-state index contributed by atoms with van der Waals surface area (Å²) >= 11 is 0. The van der Waals surface area contributed by atoms with E-state index >= 15 is 0 Å². The lowest BCUT2D eigenvalue weighted by Crippen LogP contribution is -2.31. The van der Waals surface area contributed by atoms with Crippen molar-refractivity contribution in [3.8, 4) is 11.5 Å². The van der Waals surface area contributed by atoms with Crippen molar-refractivity contribution in [1.82, 2.24) is 4.72 Å². The second kappa shape index (κ2) is 8.25. The molecule has 11 heteroatoms. The molecular formula is C19H22N2O7S2. The summed E-state index contributed by atoms with van der Waals surface area (Å²) in [5.41, 5.74) is 0.563. The molecule has 0 aromatic heterocycles. The van der Waals surface area contributed by atoms with E-state index in [9.17, 15) is 21.6 Å². The molecule has 3 rings (SSSR count). The lowest BCUT2D eigenvalue weighted by Gasteiger charge is -2.18. The Morgan fingerprint density at radius 1 is 1.10 bits per heavy atom. The predicted octanol–water partition coefficient (Wildman–Crippen LogP) is 1.49. The first-order chi connectivity index (χ1) is 14.1. The van der Waals surface area contributed by atoms with E-state index < -0.39 is 31.9 Å². The van der Waals surface area contributed by atoms with Gasteiger partial charge in [-0.15, -0.1) is 0 Å². The van der Waals surface area contributed by atoms with Crippen molar-refractivity contribution >= 4 is 31.6 Å². The van der Waals surface area contributed by atoms with Crippen LogP contribution in [0, 0.1) is 5.92 Å². The topological polar surface area (TPSA) is 119 Å². The minimum Gasteiger partial charge on any atom is -0.496 e. The van der Waals surface area contributed by atoms with Crippen LogP contribution in [0.4, 0.5) is 5.69 Å². The molecule has 0 spiro atoms. The number of nitrogens with zero attached hydrogens (tertiary/aromatic N) is 1. The van der Waals surface area contributed by atoms with Gasteiger partial charge in [-0.1, -0.05) is 25.1 Å². The molecule has 1 heterocycles. The standard InChI is InChI=1S/C19H22N2O7S2/c1-13-12-29(23,24)21(19(13)22)15-8-9-17(28-3)18(10-15)30(25,26)20-11-14-6-4-5-7-16(14)27-2/h4-10,13,20H,11-12H2,1-3H3/t13-/m1/s1. The number of carbonyl (C=O) groups is 1. The predicted molar refractivity (Wildman–Crippen MR) is 110 cm³/mol. The van der Waals surface area contributed by atoms with Crippen LogP contribution in [0.2, 0.25) is 0 Å². The Kier molecular flexibility index (Phi) is 6.06. The van der Waals surface area contributed by atoms with Gasteiger partial charge in [-0.05, 0) is 24.3 Å². The molecule has 0 bridgehead atoms. The molecule has 1 aliphatic heterocycles. The van der Waals surface area contributed by atoms with Crippen LogP contribution in [-0.4, -0.2) is 42.7 Å². The Labute approximate surface area is 175 Å². The minimum atomic E-state index is -4.11. The zero-order chi connectivity index (χ0) is 22.1. The van der Waals surface area contributed by atoms with Crippen LogP contribution in [0.5, 0.6) is 11.5 Å². The normalized spacial score (nSPS) is 18.4. The molecule has 1 aliphatic rings. The highest BCUT2D eigenvalue weighted by atomic mass is 32.2. The van der Waals surface area contributed by atoms with Crippen molar-refractivity contribution in [2.24, 2.45) is 5.92 Å². The number of hydrogen-bond acceptors (Lipinski definition) is 7. The zero-order valence-corrected chi connectivity index (χ0v) is 18.3. The molecule has 2 aromatic carbocycles. The van der Waals surface area contributed by atoms with Gasteiger partial charge >= 0.3 is 0 Å². The van der Waals surface area contributed by atoms with Crippen LogP contribution in [0.3, 0.4) is 0 Å². The average Bonchev–Trinajstić information content (AvgIpc) is 2.92. The fraction of sp³-hybridized carbons (Fsp3) is 0.316.